The molecule has 3 heterocycles. The number of benzene rings is 1. The van der Waals surface area contributed by atoms with E-state index in [4.69, 9.17) is 0 Å². The fourth-order valence-corrected chi connectivity index (χ4v) is 5.86. The second-order valence-corrected chi connectivity index (χ2v) is 9.70. The first kappa shape index (κ1) is 20.0. The second kappa shape index (κ2) is 8.61. The third-order valence-corrected chi connectivity index (χ3v) is 7.50. The van der Waals surface area contributed by atoms with E-state index in [-0.39, 0.29) is 17.7 Å². The van der Waals surface area contributed by atoms with Crippen molar-refractivity contribution >= 4 is 50.6 Å². The number of thiophene rings is 1. The molecule has 1 atom stereocenters. The van der Waals surface area contributed by atoms with E-state index in [0.717, 1.165) is 31.6 Å². The number of nitrogens with zero attached hydrogens (tertiary/aromatic N) is 3. The van der Waals surface area contributed by atoms with Gasteiger partial charge in [-0.2, -0.15) is 0 Å². The minimum atomic E-state index is -0.249. The topological polar surface area (TPSA) is 67.8 Å². The fourth-order valence-electron chi connectivity index (χ4n) is 3.07. The number of amides is 1. The van der Waals surface area contributed by atoms with Crippen LogP contribution in [0.4, 0.5) is 0 Å². The van der Waals surface area contributed by atoms with Crippen molar-refractivity contribution < 1.29 is 4.79 Å². The van der Waals surface area contributed by atoms with Gasteiger partial charge < -0.3 is 5.32 Å². The lowest BCUT2D eigenvalue weighted by Gasteiger charge is -2.17. The molecular weight excluding hydrogens is 420 g/mol. The number of aromatic nitrogens is 3. The summed E-state index contributed by atoms with van der Waals surface area (Å²) in [6.45, 7) is 6.07. The molecule has 0 radical (unpaired) electrons. The summed E-state index contributed by atoms with van der Waals surface area (Å²) in [6.07, 6.45) is 1.76. The highest BCUT2D eigenvalue weighted by Gasteiger charge is 2.20. The number of fused-ring (bicyclic) bond motifs is 1. The predicted molar refractivity (Wildman–Crippen MR) is 121 cm³/mol. The standard InChI is InChI=1S/C21H20N4OS3/c1-12-13(2)29-20-17(12)19(23-14(3)24-20)28-11-16(26)25-18(21-22-9-10-27-21)15-7-5-4-6-8-15/h4-10,18H,11H2,1-3H3,(H,25,26). The molecule has 0 aliphatic heterocycles. The van der Waals surface area contributed by atoms with E-state index in [9.17, 15) is 4.79 Å². The highest BCUT2D eigenvalue weighted by atomic mass is 32.2. The van der Waals surface area contributed by atoms with E-state index in [0.29, 0.717) is 0 Å². The molecule has 1 aromatic carbocycles. The van der Waals surface area contributed by atoms with Crippen LogP contribution in [-0.4, -0.2) is 26.6 Å². The zero-order valence-corrected chi connectivity index (χ0v) is 18.8. The average Bonchev–Trinajstić information content (AvgIpc) is 3.33. The number of rotatable bonds is 6. The van der Waals surface area contributed by atoms with Crippen LogP contribution in [-0.2, 0) is 4.79 Å². The highest BCUT2D eigenvalue weighted by Crippen LogP contribution is 2.35. The number of nitrogens with one attached hydrogen (secondary N) is 1. The number of hydrogen-bond donors (Lipinski definition) is 1. The Morgan fingerprint density at radius 3 is 2.69 bits per heavy atom. The van der Waals surface area contributed by atoms with Gasteiger partial charge in [-0.1, -0.05) is 42.1 Å². The number of thiazole rings is 1. The van der Waals surface area contributed by atoms with Gasteiger partial charge in [-0.05, 0) is 31.9 Å². The fraction of sp³-hybridized carbons (Fsp3) is 0.238. The van der Waals surface area contributed by atoms with Crippen LogP contribution < -0.4 is 5.32 Å². The molecule has 0 bridgehead atoms. The smallest absolute Gasteiger partial charge is 0.231 e. The minimum absolute atomic E-state index is 0.0481. The molecule has 0 aliphatic rings. The normalized spacial score (nSPS) is 12.2. The van der Waals surface area contributed by atoms with E-state index in [1.165, 1.54) is 33.5 Å². The summed E-state index contributed by atoms with van der Waals surface area (Å²) in [5.41, 5.74) is 2.21. The maximum Gasteiger partial charge on any atom is 0.231 e. The first-order valence-corrected chi connectivity index (χ1v) is 11.8. The van der Waals surface area contributed by atoms with E-state index < -0.39 is 0 Å². The van der Waals surface area contributed by atoms with Gasteiger partial charge in [-0.25, -0.2) is 15.0 Å². The summed E-state index contributed by atoms with van der Waals surface area (Å²) in [6, 6.07) is 9.68. The number of carbonyl (C=O) groups excluding carboxylic acids is 1. The zero-order valence-electron chi connectivity index (χ0n) is 16.3. The van der Waals surface area contributed by atoms with Crippen molar-refractivity contribution in [2.24, 2.45) is 0 Å². The van der Waals surface area contributed by atoms with Gasteiger partial charge in [0.25, 0.3) is 0 Å². The Bertz CT molecular complexity index is 1140. The molecule has 1 unspecified atom stereocenters. The molecule has 4 aromatic rings. The minimum Gasteiger partial charge on any atom is -0.342 e. The van der Waals surface area contributed by atoms with Crippen molar-refractivity contribution in [3.8, 4) is 0 Å². The first-order chi connectivity index (χ1) is 14.0. The molecular formula is C21H20N4OS3. The molecule has 3 aromatic heterocycles. The Morgan fingerprint density at radius 1 is 1.17 bits per heavy atom. The van der Waals surface area contributed by atoms with Crippen LogP contribution in [0, 0.1) is 20.8 Å². The average molecular weight is 441 g/mol. The van der Waals surface area contributed by atoms with Gasteiger partial charge in [0.15, 0.2) is 0 Å². The predicted octanol–water partition coefficient (Wildman–Crippen LogP) is 5.07. The molecule has 29 heavy (non-hydrogen) atoms. The van der Waals surface area contributed by atoms with Gasteiger partial charge in [-0.3, -0.25) is 4.79 Å². The molecule has 1 N–H and O–H groups in total. The Hall–Kier alpha value is -2.29. The Balaban J connectivity index is 1.53. The van der Waals surface area contributed by atoms with Crippen LogP contribution in [0.3, 0.4) is 0 Å². The third-order valence-electron chi connectivity index (χ3n) is 4.58. The quantitative estimate of drug-likeness (QED) is 0.335. The van der Waals surface area contributed by atoms with Crippen molar-refractivity contribution in [1.82, 2.24) is 20.3 Å². The monoisotopic (exact) mass is 440 g/mol. The molecule has 1 amide bonds. The van der Waals surface area contributed by atoms with Gasteiger partial charge in [-0.15, -0.1) is 22.7 Å². The number of hydrogen-bond acceptors (Lipinski definition) is 7. The summed E-state index contributed by atoms with van der Waals surface area (Å²) in [5, 5.41) is 7.87. The molecule has 0 saturated carbocycles. The summed E-state index contributed by atoms with van der Waals surface area (Å²) in [7, 11) is 0. The summed E-state index contributed by atoms with van der Waals surface area (Å²) < 4.78 is 0. The number of carbonyl (C=O) groups is 1. The lowest BCUT2D eigenvalue weighted by atomic mass is 10.1. The summed E-state index contributed by atoms with van der Waals surface area (Å²) >= 11 is 4.68. The molecule has 148 valence electrons. The van der Waals surface area contributed by atoms with Crippen LogP contribution in [0.1, 0.15) is 32.9 Å². The lowest BCUT2D eigenvalue weighted by Crippen LogP contribution is -2.30. The molecule has 0 spiro atoms. The molecule has 0 aliphatic carbocycles. The zero-order chi connectivity index (χ0) is 20.4. The van der Waals surface area contributed by atoms with Crippen LogP contribution >= 0.6 is 34.4 Å². The maximum atomic E-state index is 12.8. The van der Waals surface area contributed by atoms with Crippen molar-refractivity contribution in [3.63, 3.8) is 0 Å². The molecule has 5 nitrogen and oxygen atoms in total. The molecule has 4 rings (SSSR count). The van der Waals surface area contributed by atoms with Crippen LogP contribution in [0.5, 0.6) is 0 Å². The maximum absolute atomic E-state index is 12.8. The van der Waals surface area contributed by atoms with Crippen LogP contribution in [0.2, 0.25) is 0 Å². The molecule has 8 heteroatoms. The lowest BCUT2D eigenvalue weighted by molar-refractivity contribution is -0.119. The van der Waals surface area contributed by atoms with Gasteiger partial charge in [0.05, 0.1) is 5.75 Å². The van der Waals surface area contributed by atoms with Crippen molar-refractivity contribution in [1.29, 1.82) is 0 Å². The summed E-state index contributed by atoms with van der Waals surface area (Å²) in [4.78, 5) is 28.6. The molecule has 0 fully saturated rings. The van der Waals surface area contributed by atoms with Gasteiger partial charge in [0, 0.05) is 21.8 Å². The Kier molecular flexibility index (Phi) is 5.94. The number of thioether (sulfide) groups is 1. The SMILES string of the molecule is Cc1nc(SCC(=O)NC(c2ccccc2)c2nccs2)c2c(C)c(C)sc2n1. The van der Waals surface area contributed by atoms with Gasteiger partial charge in [0.1, 0.15) is 26.7 Å². The van der Waals surface area contributed by atoms with E-state index in [2.05, 4.69) is 34.1 Å². The number of aryl methyl sites for hydroxylation is 3. The Labute approximate surface area is 181 Å². The Morgan fingerprint density at radius 2 is 1.97 bits per heavy atom. The second-order valence-electron chi connectivity index (χ2n) is 6.61. The highest BCUT2D eigenvalue weighted by molar-refractivity contribution is 8.00. The first-order valence-electron chi connectivity index (χ1n) is 9.13. The van der Waals surface area contributed by atoms with Crippen LogP contribution in [0.25, 0.3) is 10.2 Å². The van der Waals surface area contributed by atoms with Crippen molar-refractivity contribution in [2.75, 3.05) is 5.75 Å². The van der Waals surface area contributed by atoms with E-state index in [1.807, 2.05) is 42.6 Å². The van der Waals surface area contributed by atoms with Crippen LogP contribution in [0.15, 0.2) is 46.9 Å². The van der Waals surface area contributed by atoms with Gasteiger partial charge in [0.2, 0.25) is 5.91 Å². The van der Waals surface area contributed by atoms with Crippen molar-refractivity contribution in [2.45, 2.75) is 31.8 Å². The van der Waals surface area contributed by atoms with E-state index in [1.54, 1.807) is 17.5 Å². The van der Waals surface area contributed by atoms with Gasteiger partial charge >= 0.3 is 0 Å². The van der Waals surface area contributed by atoms with Crippen molar-refractivity contribution in [3.05, 3.63) is 68.7 Å². The largest absolute Gasteiger partial charge is 0.342 e. The third kappa shape index (κ3) is 4.34. The van der Waals surface area contributed by atoms with E-state index >= 15 is 0 Å². The summed E-state index contributed by atoms with van der Waals surface area (Å²) in [5.74, 6) is 0.967. The molecule has 0 saturated heterocycles.